The molecule has 3 heteroatoms. The fourth-order valence-electron chi connectivity index (χ4n) is 2.15. The van der Waals surface area contributed by atoms with Crippen LogP contribution in [-0.4, -0.2) is 11.5 Å². The van der Waals surface area contributed by atoms with Crippen molar-refractivity contribution in [1.82, 2.24) is 10.3 Å². The predicted octanol–water partition coefficient (Wildman–Crippen LogP) is 2.58. The van der Waals surface area contributed by atoms with E-state index in [1.54, 1.807) is 0 Å². The predicted molar refractivity (Wildman–Crippen MR) is 61.4 cm³/mol. The van der Waals surface area contributed by atoms with Crippen LogP contribution in [0.2, 0.25) is 0 Å². The summed E-state index contributed by atoms with van der Waals surface area (Å²) in [5.41, 5.74) is 4.09. The quantitative estimate of drug-likeness (QED) is 0.740. The highest BCUT2D eigenvalue weighted by Crippen LogP contribution is 2.27. The Hall–Kier alpha value is -0.800. The van der Waals surface area contributed by atoms with Crippen LogP contribution in [0.1, 0.15) is 11.3 Å². The lowest BCUT2D eigenvalue weighted by Crippen LogP contribution is -2.22. The minimum atomic E-state index is 0.974. The number of hydrogen-bond donors (Lipinski definition) is 2. The number of nitrogens with one attached hydrogen (secondary N) is 2. The van der Waals surface area contributed by atoms with Gasteiger partial charge in [0.2, 0.25) is 0 Å². The molecule has 0 fully saturated rings. The summed E-state index contributed by atoms with van der Waals surface area (Å²) in [6, 6.07) is 6.45. The van der Waals surface area contributed by atoms with Gasteiger partial charge in [0, 0.05) is 27.6 Å². The largest absolute Gasteiger partial charge is 0.357 e. The third-order valence-corrected chi connectivity index (χ3v) is 3.30. The lowest BCUT2D eigenvalue weighted by molar-refractivity contribution is 0.637. The van der Waals surface area contributed by atoms with Gasteiger partial charge in [-0.15, -0.1) is 0 Å². The molecule has 72 valence electrons. The summed E-state index contributed by atoms with van der Waals surface area (Å²) in [5.74, 6) is 0. The normalized spacial score (nSPS) is 15.8. The van der Waals surface area contributed by atoms with Crippen molar-refractivity contribution < 1.29 is 0 Å². The van der Waals surface area contributed by atoms with E-state index in [0.29, 0.717) is 0 Å². The monoisotopic (exact) mass is 250 g/mol. The molecular formula is C11H11BrN2. The number of H-pyrrole nitrogens is 1. The highest BCUT2D eigenvalue weighted by atomic mass is 79.9. The van der Waals surface area contributed by atoms with Crippen LogP contribution in [0.15, 0.2) is 22.7 Å². The second-order valence-electron chi connectivity index (χ2n) is 3.70. The maximum Gasteiger partial charge on any atom is 0.0470 e. The third kappa shape index (κ3) is 1.20. The van der Waals surface area contributed by atoms with E-state index in [1.165, 1.54) is 22.2 Å². The van der Waals surface area contributed by atoms with Gasteiger partial charge in [0.1, 0.15) is 0 Å². The Bertz CT molecular complexity index is 487. The maximum atomic E-state index is 3.49. The topological polar surface area (TPSA) is 27.8 Å². The van der Waals surface area contributed by atoms with Crippen molar-refractivity contribution in [3.05, 3.63) is 33.9 Å². The molecule has 0 bridgehead atoms. The van der Waals surface area contributed by atoms with Gasteiger partial charge in [-0.25, -0.2) is 0 Å². The highest BCUT2D eigenvalue weighted by Gasteiger charge is 2.14. The molecule has 0 aliphatic carbocycles. The van der Waals surface area contributed by atoms with Crippen molar-refractivity contribution >= 4 is 26.8 Å². The molecule has 2 nitrogen and oxygen atoms in total. The standard InChI is InChI=1S/C11H11BrN2/c12-7-1-2-8-9-3-4-13-6-11(9)14-10(8)5-7/h1-2,5,13-14H,3-4,6H2. The maximum absolute atomic E-state index is 3.49. The zero-order chi connectivity index (χ0) is 9.54. The Morgan fingerprint density at radius 2 is 2.21 bits per heavy atom. The first-order valence-electron chi connectivity index (χ1n) is 4.84. The second kappa shape index (κ2) is 3.11. The SMILES string of the molecule is Brc1ccc2c3c([nH]c2c1)CNCC3. The summed E-state index contributed by atoms with van der Waals surface area (Å²) >= 11 is 3.49. The first-order chi connectivity index (χ1) is 6.84. The van der Waals surface area contributed by atoms with E-state index in [9.17, 15) is 0 Å². The van der Waals surface area contributed by atoms with Gasteiger partial charge in [0.25, 0.3) is 0 Å². The Kier molecular flexibility index (Phi) is 1.89. The molecule has 0 spiro atoms. The van der Waals surface area contributed by atoms with Crippen LogP contribution in [0, 0.1) is 0 Å². The van der Waals surface area contributed by atoms with Crippen molar-refractivity contribution in [2.24, 2.45) is 0 Å². The summed E-state index contributed by atoms with van der Waals surface area (Å²) in [5, 5.41) is 4.75. The van der Waals surface area contributed by atoms with Crippen LogP contribution in [0.5, 0.6) is 0 Å². The molecule has 1 aliphatic heterocycles. The molecule has 1 aliphatic rings. The van der Waals surface area contributed by atoms with Crippen molar-refractivity contribution in [2.45, 2.75) is 13.0 Å². The number of aromatic nitrogens is 1. The molecule has 1 aromatic carbocycles. The van der Waals surface area contributed by atoms with E-state index >= 15 is 0 Å². The minimum absolute atomic E-state index is 0.974. The molecule has 2 N–H and O–H groups in total. The van der Waals surface area contributed by atoms with Gasteiger partial charge in [-0.2, -0.15) is 0 Å². The van der Waals surface area contributed by atoms with Crippen LogP contribution < -0.4 is 5.32 Å². The average Bonchev–Trinajstić information content (AvgIpc) is 2.54. The van der Waals surface area contributed by atoms with E-state index < -0.39 is 0 Å². The van der Waals surface area contributed by atoms with Gasteiger partial charge in [-0.1, -0.05) is 22.0 Å². The molecule has 2 aromatic rings. The van der Waals surface area contributed by atoms with Crippen LogP contribution in [0.4, 0.5) is 0 Å². The summed E-state index contributed by atoms with van der Waals surface area (Å²) in [4.78, 5) is 3.46. The van der Waals surface area contributed by atoms with E-state index in [4.69, 9.17) is 0 Å². The van der Waals surface area contributed by atoms with Gasteiger partial charge in [0.05, 0.1) is 0 Å². The average molecular weight is 251 g/mol. The molecule has 0 amide bonds. The van der Waals surface area contributed by atoms with Crippen molar-refractivity contribution in [3.63, 3.8) is 0 Å². The molecule has 14 heavy (non-hydrogen) atoms. The van der Waals surface area contributed by atoms with Crippen LogP contribution in [-0.2, 0) is 13.0 Å². The summed E-state index contributed by atoms with van der Waals surface area (Å²) in [6.07, 6.45) is 1.14. The molecule has 0 unspecified atom stereocenters. The van der Waals surface area contributed by atoms with Crippen molar-refractivity contribution in [2.75, 3.05) is 6.54 Å². The fourth-order valence-corrected chi connectivity index (χ4v) is 2.51. The summed E-state index contributed by atoms with van der Waals surface area (Å²) in [7, 11) is 0. The second-order valence-corrected chi connectivity index (χ2v) is 4.61. The van der Waals surface area contributed by atoms with E-state index in [-0.39, 0.29) is 0 Å². The molecule has 0 saturated carbocycles. The Morgan fingerprint density at radius 3 is 3.14 bits per heavy atom. The smallest absolute Gasteiger partial charge is 0.0470 e. The van der Waals surface area contributed by atoms with Gasteiger partial charge in [0.15, 0.2) is 0 Å². The lowest BCUT2D eigenvalue weighted by Gasteiger charge is -2.12. The van der Waals surface area contributed by atoms with Crippen molar-refractivity contribution in [3.8, 4) is 0 Å². The highest BCUT2D eigenvalue weighted by molar-refractivity contribution is 9.10. The first kappa shape index (κ1) is 8.50. The molecule has 0 saturated heterocycles. The molecule has 2 heterocycles. The van der Waals surface area contributed by atoms with Crippen molar-refractivity contribution in [1.29, 1.82) is 0 Å². The molecule has 0 radical (unpaired) electrons. The van der Waals surface area contributed by atoms with Gasteiger partial charge in [-0.3, -0.25) is 0 Å². The van der Waals surface area contributed by atoms with E-state index in [0.717, 1.165) is 24.0 Å². The number of benzene rings is 1. The molecule has 0 atom stereocenters. The zero-order valence-corrected chi connectivity index (χ0v) is 9.32. The Balaban J connectivity index is 2.31. The van der Waals surface area contributed by atoms with E-state index in [1.807, 2.05) is 0 Å². The Labute approximate surface area is 90.8 Å². The zero-order valence-electron chi connectivity index (χ0n) is 7.73. The lowest BCUT2D eigenvalue weighted by atomic mass is 10.1. The first-order valence-corrected chi connectivity index (χ1v) is 5.63. The fraction of sp³-hybridized carbons (Fsp3) is 0.273. The number of fused-ring (bicyclic) bond motifs is 3. The van der Waals surface area contributed by atoms with Gasteiger partial charge in [-0.05, 0) is 30.7 Å². The van der Waals surface area contributed by atoms with Crippen LogP contribution in [0.3, 0.4) is 0 Å². The van der Waals surface area contributed by atoms with Gasteiger partial charge >= 0.3 is 0 Å². The summed E-state index contributed by atoms with van der Waals surface area (Å²) in [6.45, 7) is 2.07. The minimum Gasteiger partial charge on any atom is -0.357 e. The molecule has 1 aromatic heterocycles. The van der Waals surface area contributed by atoms with E-state index in [2.05, 4.69) is 44.4 Å². The number of halogens is 1. The Morgan fingerprint density at radius 1 is 1.29 bits per heavy atom. The van der Waals surface area contributed by atoms with Crippen LogP contribution in [0.25, 0.3) is 10.9 Å². The van der Waals surface area contributed by atoms with Crippen LogP contribution >= 0.6 is 15.9 Å². The number of aromatic amines is 1. The molecule has 3 rings (SSSR count). The number of rotatable bonds is 0. The van der Waals surface area contributed by atoms with Gasteiger partial charge < -0.3 is 10.3 Å². The number of hydrogen-bond acceptors (Lipinski definition) is 1. The third-order valence-electron chi connectivity index (χ3n) is 2.81. The molecular weight excluding hydrogens is 240 g/mol. The summed E-state index contributed by atoms with van der Waals surface area (Å²) < 4.78 is 1.14.